The Labute approximate surface area is 136 Å². The van der Waals surface area contributed by atoms with Crippen LogP contribution in [0.25, 0.3) is 11.1 Å². The van der Waals surface area contributed by atoms with Gasteiger partial charge in [0.15, 0.2) is 6.61 Å². The van der Waals surface area contributed by atoms with Crippen LogP contribution >= 0.6 is 0 Å². The molecule has 8 heteroatoms. The fourth-order valence-electron chi connectivity index (χ4n) is 2.18. The Morgan fingerprint density at radius 1 is 1.17 bits per heavy atom. The van der Waals surface area contributed by atoms with E-state index in [4.69, 9.17) is 10.5 Å². The fraction of sp³-hybridized carbons (Fsp3) is 0.125. The lowest BCUT2D eigenvalue weighted by molar-refractivity contribution is -0.384. The molecule has 0 aliphatic carbocycles. The van der Waals surface area contributed by atoms with Gasteiger partial charge in [-0.05, 0) is 12.1 Å². The van der Waals surface area contributed by atoms with Gasteiger partial charge in [0.1, 0.15) is 5.75 Å². The van der Waals surface area contributed by atoms with Crippen molar-refractivity contribution in [2.24, 2.45) is 5.73 Å². The molecule has 8 nitrogen and oxygen atoms in total. The van der Waals surface area contributed by atoms with Gasteiger partial charge >= 0.3 is 5.97 Å². The molecule has 0 aliphatic rings. The molecule has 0 saturated heterocycles. The van der Waals surface area contributed by atoms with Gasteiger partial charge in [-0.2, -0.15) is 0 Å². The van der Waals surface area contributed by atoms with Crippen LogP contribution in [0.15, 0.2) is 42.5 Å². The Balaban J connectivity index is 2.61. The van der Waals surface area contributed by atoms with E-state index in [9.17, 15) is 19.7 Å². The lowest BCUT2D eigenvalue weighted by Gasteiger charge is -2.13. The van der Waals surface area contributed by atoms with E-state index < -0.39 is 16.8 Å². The molecule has 0 saturated carbocycles. The number of nitrogens with two attached hydrogens (primary N) is 1. The molecule has 124 valence electrons. The summed E-state index contributed by atoms with van der Waals surface area (Å²) in [5.41, 5.74) is 5.35. The Bertz CT molecular complexity index is 771. The lowest BCUT2D eigenvalue weighted by atomic mass is 9.96. The predicted octanol–water partition coefficient (Wildman–Crippen LogP) is 1.91. The highest BCUT2D eigenvalue weighted by Gasteiger charge is 2.24. The maximum absolute atomic E-state index is 11.7. The van der Waals surface area contributed by atoms with Crippen molar-refractivity contribution in [3.63, 3.8) is 0 Å². The monoisotopic (exact) mass is 330 g/mol. The molecule has 2 aromatic rings. The van der Waals surface area contributed by atoms with E-state index in [1.165, 1.54) is 31.4 Å². The first-order chi connectivity index (χ1) is 11.5. The second-order valence-electron chi connectivity index (χ2n) is 4.68. The van der Waals surface area contributed by atoms with Crippen molar-refractivity contribution in [1.29, 1.82) is 0 Å². The SMILES string of the molecule is COC(=O)COc1ccccc1-c1c(C(N)=O)cccc1[N+](=O)[O-]. The molecule has 0 unspecified atom stereocenters. The van der Waals surface area contributed by atoms with Crippen LogP contribution < -0.4 is 10.5 Å². The summed E-state index contributed by atoms with van der Waals surface area (Å²) in [7, 11) is 1.21. The highest BCUT2D eigenvalue weighted by Crippen LogP contribution is 2.38. The van der Waals surface area contributed by atoms with Crippen LogP contribution in [0.1, 0.15) is 10.4 Å². The zero-order chi connectivity index (χ0) is 17.7. The molecule has 0 spiro atoms. The average Bonchev–Trinajstić information content (AvgIpc) is 2.59. The normalized spacial score (nSPS) is 10.0. The molecule has 2 aromatic carbocycles. The quantitative estimate of drug-likeness (QED) is 0.490. The van der Waals surface area contributed by atoms with Crippen molar-refractivity contribution in [3.8, 4) is 16.9 Å². The van der Waals surface area contributed by atoms with Gasteiger partial charge < -0.3 is 15.2 Å². The summed E-state index contributed by atoms with van der Waals surface area (Å²) < 4.78 is 9.86. The molecule has 0 aromatic heterocycles. The van der Waals surface area contributed by atoms with E-state index in [0.717, 1.165) is 0 Å². The number of ether oxygens (including phenoxy) is 2. The number of nitrogens with zero attached hydrogens (tertiary/aromatic N) is 1. The van der Waals surface area contributed by atoms with Gasteiger partial charge in [0.25, 0.3) is 5.69 Å². The average molecular weight is 330 g/mol. The van der Waals surface area contributed by atoms with Crippen LogP contribution in [0.5, 0.6) is 5.75 Å². The summed E-state index contributed by atoms with van der Waals surface area (Å²) in [4.78, 5) is 33.7. The van der Waals surface area contributed by atoms with Gasteiger partial charge in [0.2, 0.25) is 5.91 Å². The fourth-order valence-corrected chi connectivity index (χ4v) is 2.18. The molecular weight excluding hydrogens is 316 g/mol. The molecule has 0 aliphatic heterocycles. The Hall–Kier alpha value is -3.42. The highest BCUT2D eigenvalue weighted by atomic mass is 16.6. The van der Waals surface area contributed by atoms with E-state index in [-0.39, 0.29) is 34.7 Å². The number of hydrogen-bond acceptors (Lipinski definition) is 6. The van der Waals surface area contributed by atoms with E-state index in [0.29, 0.717) is 0 Å². The number of nitro groups is 1. The number of rotatable bonds is 6. The number of carbonyl (C=O) groups is 2. The Kier molecular flexibility index (Phi) is 5.10. The maximum atomic E-state index is 11.7. The summed E-state index contributed by atoms with van der Waals surface area (Å²) in [6.07, 6.45) is 0. The second kappa shape index (κ2) is 7.23. The zero-order valence-corrected chi connectivity index (χ0v) is 12.7. The molecule has 0 radical (unpaired) electrons. The first kappa shape index (κ1) is 16.9. The minimum atomic E-state index is -0.809. The number of esters is 1. The molecule has 0 atom stereocenters. The van der Waals surface area contributed by atoms with Crippen molar-refractivity contribution < 1.29 is 24.0 Å². The standard InChI is InChI=1S/C16H14N2O6/c1-23-14(19)9-24-13-8-3-2-5-10(13)15-11(16(17)20)6-4-7-12(15)18(21)22/h2-8H,9H2,1H3,(H2,17,20). The summed E-state index contributed by atoms with van der Waals surface area (Å²) in [5, 5.41) is 11.3. The minimum Gasteiger partial charge on any atom is -0.481 e. The van der Waals surface area contributed by atoms with Crippen LogP contribution in [-0.4, -0.2) is 30.5 Å². The largest absolute Gasteiger partial charge is 0.481 e. The molecule has 0 heterocycles. The maximum Gasteiger partial charge on any atom is 0.343 e. The predicted molar refractivity (Wildman–Crippen MR) is 84.6 cm³/mol. The first-order valence-electron chi connectivity index (χ1n) is 6.82. The summed E-state index contributed by atoms with van der Waals surface area (Å²) >= 11 is 0. The number of primary amides is 1. The minimum absolute atomic E-state index is 0.0154. The lowest BCUT2D eigenvalue weighted by Crippen LogP contribution is -2.15. The van der Waals surface area contributed by atoms with E-state index in [1.54, 1.807) is 18.2 Å². The van der Waals surface area contributed by atoms with Crippen molar-refractivity contribution in [3.05, 3.63) is 58.1 Å². The van der Waals surface area contributed by atoms with E-state index in [2.05, 4.69) is 4.74 Å². The topological polar surface area (TPSA) is 122 Å². The molecule has 0 fully saturated rings. The Morgan fingerprint density at radius 3 is 2.50 bits per heavy atom. The van der Waals surface area contributed by atoms with Crippen LogP contribution in [0.3, 0.4) is 0 Å². The first-order valence-corrected chi connectivity index (χ1v) is 6.82. The second-order valence-corrected chi connectivity index (χ2v) is 4.68. The molecule has 24 heavy (non-hydrogen) atoms. The van der Waals surface area contributed by atoms with Crippen molar-refractivity contribution >= 4 is 17.6 Å². The number of hydrogen-bond donors (Lipinski definition) is 1. The Morgan fingerprint density at radius 2 is 1.88 bits per heavy atom. The van der Waals surface area contributed by atoms with Crippen molar-refractivity contribution in [2.45, 2.75) is 0 Å². The zero-order valence-electron chi connectivity index (χ0n) is 12.7. The van der Waals surface area contributed by atoms with Gasteiger partial charge in [-0.25, -0.2) is 4.79 Å². The van der Waals surface area contributed by atoms with E-state index in [1.807, 2.05) is 0 Å². The van der Waals surface area contributed by atoms with Crippen LogP contribution in [0.4, 0.5) is 5.69 Å². The van der Waals surface area contributed by atoms with Crippen molar-refractivity contribution in [1.82, 2.24) is 0 Å². The third-order valence-electron chi connectivity index (χ3n) is 3.23. The molecule has 0 bridgehead atoms. The smallest absolute Gasteiger partial charge is 0.343 e. The van der Waals surface area contributed by atoms with E-state index >= 15 is 0 Å². The van der Waals surface area contributed by atoms with Gasteiger partial charge in [0.05, 0.1) is 23.2 Å². The third-order valence-corrected chi connectivity index (χ3v) is 3.23. The molecule has 2 N–H and O–H groups in total. The van der Waals surface area contributed by atoms with Gasteiger partial charge in [-0.1, -0.05) is 24.3 Å². The number of amides is 1. The van der Waals surface area contributed by atoms with Crippen LogP contribution in [-0.2, 0) is 9.53 Å². The number of benzene rings is 2. The number of nitro benzene ring substituents is 1. The summed E-state index contributed by atoms with van der Waals surface area (Å²) in [6.45, 7) is -0.375. The van der Waals surface area contributed by atoms with Crippen LogP contribution in [0.2, 0.25) is 0 Å². The van der Waals surface area contributed by atoms with Gasteiger partial charge in [0, 0.05) is 11.6 Å². The van der Waals surface area contributed by atoms with Gasteiger partial charge in [-0.3, -0.25) is 14.9 Å². The van der Waals surface area contributed by atoms with Crippen LogP contribution in [0, 0.1) is 10.1 Å². The number of carbonyl (C=O) groups excluding carboxylic acids is 2. The van der Waals surface area contributed by atoms with Gasteiger partial charge in [-0.15, -0.1) is 0 Å². The summed E-state index contributed by atoms with van der Waals surface area (Å²) in [5.74, 6) is -1.22. The molecular formula is C16H14N2O6. The summed E-state index contributed by atoms with van der Waals surface area (Å²) in [6, 6.07) is 10.4. The number of methoxy groups -OCH3 is 1. The molecule has 2 rings (SSSR count). The third kappa shape index (κ3) is 3.49. The number of para-hydroxylation sites is 1. The molecule has 1 amide bonds. The highest BCUT2D eigenvalue weighted by molar-refractivity contribution is 6.03. The van der Waals surface area contributed by atoms with Crippen molar-refractivity contribution in [2.75, 3.05) is 13.7 Å².